The van der Waals surface area contributed by atoms with Crippen molar-refractivity contribution < 1.29 is 18.7 Å². The van der Waals surface area contributed by atoms with Crippen LogP contribution in [0, 0.1) is 0 Å². The molecule has 0 aliphatic rings. The van der Waals surface area contributed by atoms with Gasteiger partial charge in [0.25, 0.3) is 5.56 Å². The highest BCUT2D eigenvalue weighted by Gasteiger charge is 2.13. The zero-order valence-electron chi connectivity index (χ0n) is 13.8. The summed E-state index contributed by atoms with van der Waals surface area (Å²) in [7, 11) is 0. The van der Waals surface area contributed by atoms with E-state index in [1.54, 1.807) is 48.7 Å². The van der Waals surface area contributed by atoms with Crippen molar-refractivity contribution in [3.63, 3.8) is 0 Å². The molecule has 3 aromatic rings. The molecule has 0 aliphatic carbocycles. The molecule has 0 aliphatic heterocycles. The number of furan rings is 1. The molecule has 0 bridgehead atoms. The molecule has 0 unspecified atom stereocenters. The van der Waals surface area contributed by atoms with E-state index in [1.165, 1.54) is 16.7 Å². The molecule has 6 nitrogen and oxygen atoms in total. The van der Waals surface area contributed by atoms with Crippen molar-refractivity contribution in [3.05, 3.63) is 87.7 Å². The number of esters is 1. The summed E-state index contributed by atoms with van der Waals surface area (Å²) in [5, 5.41) is 0.621. The van der Waals surface area contributed by atoms with Crippen LogP contribution in [0.15, 0.2) is 70.0 Å². The number of pyridine rings is 1. The van der Waals surface area contributed by atoms with Gasteiger partial charge in [0.1, 0.15) is 24.7 Å². The minimum Gasteiger partial charge on any atom is -0.490 e. The Morgan fingerprint density at radius 3 is 2.62 bits per heavy atom. The lowest BCUT2D eigenvalue weighted by molar-refractivity contribution is 0.0413. The van der Waals surface area contributed by atoms with Crippen LogP contribution in [0.25, 0.3) is 0 Å². The van der Waals surface area contributed by atoms with Crippen LogP contribution in [0.4, 0.5) is 0 Å². The number of hydrogen-bond acceptors (Lipinski definition) is 5. The number of nitrogens with zero attached hydrogens (tertiary/aromatic N) is 1. The molecule has 7 heteroatoms. The second-order valence-electron chi connectivity index (χ2n) is 5.37. The van der Waals surface area contributed by atoms with E-state index in [2.05, 4.69) is 0 Å². The van der Waals surface area contributed by atoms with E-state index < -0.39 is 5.97 Å². The summed E-state index contributed by atoms with van der Waals surface area (Å²) >= 11 is 5.79. The average molecular weight is 374 g/mol. The summed E-state index contributed by atoms with van der Waals surface area (Å²) in [6.45, 7) is 0.530. The molecule has 0 amide bonds. The number of benzene rings is 1. The summed E-state index contributed by atoms with van der Waals surface area (Å²) in [6.07, 6.45) is 1.65. The minimum absolute atomic E-state index is 0.0790. The van der Waals surface area contributed by atoms with Gasteiger partial charge in [-0.2, -0.15) is 0 Å². The Morgan fingerprint density at radius 2 is 1.85 bits per heavy atom. The first-order valence-electron chi connectivity index (χ1n) is 7.91. The fourth-order valence-corrected chi connectivity index (χ4v) is 2.35. The van der Waals surface area contributed by atoms with Crippen molar-refractivity contribution in [2.24, 2.45) is 0 Å². The van der Waals surface area contributed by atoms with Gasteiger partial charge < -0.3 is 18.5 Å². The normalized spacial score (nSPS) is 10.5. The first-order valence-corrected chi connectivity index (χ1v) is 8.29. The van der Waals surface area contributed by atoms with E-state index >= 15 is 0 Å². The van der Waals surface area contributed by atoms with Crippen LogP contribution >= 0.6 is 11.6 Å². The van der Waals surface area contributed by atoms with Crippen LogP contribution in [-0.2, 0) is 11.3 Å². The van der Waals surface area contributed by atoms with Gasteiger partial charge in [-0.15, -0.1) is 0 Å². The average Bonchev–Trinajstić information content (AvgIpc) is 3.11. The van der Waals surface area contributed by atoms with Crippen molar-refractivity contribution >= 4 is 17.6 Å². The lowest BCUT2D eigenvalue weighted by atomic mass is 10.3. The highest BCUT2D eigenvalue weighted by atomic mass is 35.5. The Hall–Kier alpha value is -2.99. The van der Waals surface area contributed by atoms with Gasteiger partial charge in [-0.1, -0.05) is 17.7 Å². The molecule has 0 N–H and O–H groups in total. The van der Waals surface area contributed by atoms with E-state index in [0.717, 1.165) is 0 Å². The van der Waals surface area contributed by atoms with Gasteiger partial charge in [-0.05, 0) is 42.5 Å². The smallest absolute Gasteiger partial charge is 0.374 e. The second-order valence-corrected chi connectivity index (χ2v) is 5.81. The monoisotopic (exact) mass is 373 g/mol. The summed E-state index contributed by atoms with van der Waals surface area (Å²) in [4.78, 5) is 23.7. The van der Waals surface area contributed by atoms with Gasteiger partial charge in [0.2, 0.25) is 5.76 Å². The second kappa shape index (κ2) is 8.40. The van der Waals surface area contributed by atoms with E-state index in [4.69, 9.17) is 25.5 Å². The van der Waals surface area contributed by atoms with Crippen LogP contribution in [0.2, 0.25) is 5.02 Å². The Balaban J connectivity index is 1.48. The molecule has 0 spiro atoms. The topological polar surface area (TPSA) is 70.7 Å². The van der Waals surface area contributed by atoms with Crippen LogP contribution < -0.4 is 10.3 Å². The third-order valence-corrected chi connectivity index (χ3v) is 3.74. The molecule has 26 heavy (non-hydrogen) atoms. The van der Waals surface area contributed by atoms with Gasteiger partial charge in [-0.25, -0.2) is 4.79 Å². The van der Waals surface area contributed by atoms with Crippen molar-refractivity contribution in [1.82, 2.24) is 4.57 Å². The van der Waals surface area contributed by atoms with Crippen LogP contribution in [-0.4, -0.2) is 23.8 Å². The fourth-order valence-electron chi connectivity index (χ4n) is 2.23. The van der Waals surface area contributed by atoms with Gasteiger partial charge in [0.15, 0.2) is 0 Å². The summed E-state index contributed by atoms with van der Waals surface area (Å²) < 4.78 is 17.5. The Labute approximate surface area is 154 Å². The van der Waals surface area contributed by atoms with E-state index in [9.17, 15) is 9.59 Å². The number of hydrogen-bond donors (Lipinski definition) is 0. The quantitative estimate of drug-likeness (QED) is 0.469. The lowest BCUT2D eigenvalue weighted by Crippen LogP contribution is -2.17. The molecule has 3 rings (SSSR count). The number of halogens is 1. The molecule has 0 atom stereocenters. The third-order valence-electron chi connectivity index (χ3n) is 3.49. The van der Waals surface area contributed by atoms with Crippen molar-refractivity contribution in [3.8, 4) is 5.75 Å². The van der Waals surface area contributed by atoms with Crippen LogP contribution in [0.3, 0.4) is 0 Å². The Bertz CT molecular complexity index is 929. The van der Waals surface area contributed by atoms with E-state index in [1.807, 2.05) is 0 Å². The maximum Gasteiger partial charge on any atom is 0.374 e. The summed E-state index contributed by atoms with van der Waals surface area (Å²) in [5.74, 6) is 0.619. The molecule has 2 aromatic heterocycles. The molecule has 2 heterocycles. The molecule has 0 saturated heterocycles. The highest BCUT2D eigenvalue weighted by Crippen LogP contribution is 2.15. The van der Waals surface area contributed by atoms with Gasteiger partial charge in [0, 0.05) is 17.3 Å². The molecule has 0 fully saturated rings. The number of carbonyl (C=O) groups is 1. The first kappa shape index (κ1) is 17.8. The van der Waals surface area contributed by atoms with Crippen LogP contribution in [0.1, 0.15) is 16.3 Å². The maximum absolute atomic E-state index is 12.0. The maximum atomic E-state index is 12.0. The molecular formula is C19H16ClNO5. The number of aromatic nitrogens is 1. The van der Waals surface area contributed by atoms with E-state index in [-0.39, 0.29) is 31.1 Å². The Kier molecular flexibility index (Phi) is 5.76. The molecule has 1 aromatic carbocycles. The molecule has 134 valence electrons. The standard InChI is InChI=1S/C19H16ClNO5/c20-14-4-6-15(7-5-14)24-11-12-25-19(23)17-9-8-16(26-17)13-21-10-2-1-3-18(21)22/h1-10H,11-13H2. The Morgan fingerprint density at radius 1 is 1.04 bits per heavy atom. The van der Waals surface area contributed by atoms with Crippen molar-refractivity contribution in [2.75, 3.05) is 13.2 Å². The third kappa shape index (κ3) is 4.77. The number of ether oxygens (including phenoxy) is 2. The largest absolute Gasteiger partial charge is 0.490 e. The van der Waals surface area contributed by atoms with Crippen LogP contribution in [0.5, 0.6) is 5.75 Å². The lowest BCUT2D eigenvalue weighted by Gasteiger charge is -2.06. The van der Waals surface area contributed by atoms with Crippen molar-refractivity contribution in [2.45, 2.75) is 6.54 Å². The zero-order chi connectivity index (χ0) is 18.4. The molecule has 0 saturated carbocycles. The molecular weight excluding hydrogens is 358 g/mol. The summed E-state index contributed by atoms with van der Waals surface area (Å²) in [6, 6.07) is 14.9. The number of rotatable bonds is 7. The highest BCUT2D eigenvalue weighted by molar-refractivity contribution is 6.30. The predicted molar refractivity (Wildman–Crippen MR) is 95.7 cm³/mol. The minimum atomic E-state index is -0.587. The van der Waals surface area contributed by atoms with Gasteiger partial charge in [0.05, 0.1) is 6.54 Å². The fraction of sp³-hybridized carbons (Fsp3) is 0.158. The van der Waals surface area contributed by atoms with Gasteiger partial charge >= 0.3 is 5.97 Å². The first-order chi connectivity index (χ1) is 12.6. The number of carbonyl (C=O) groups excluding carboxylic acids is 1. The summed E-state index contributed by atoms with van der Waals surface area (Å²) in [5.41, 5.74) is -0.146. The zero-order valence-corrected chi connectivity index (χ0v) is 14.5. The van der Waals surface area contributed by atoms with E-state index in [0.29, 0.717) is 16.5 Å². The SMILES string of the molecule is O=C(OCCOc1ccc(Cl)cc1)c1ccc(Cn2ccccc2=O)o1. The van der Waals surface area contributed by atoms with Gasteiger partial charge in [-0.3, -0.25) is 4.79 Å². The predicted octanol–water partition coefficient (Wildman–Crippen LogP) is 3.38. The van der Waals surface area contributed by atoms with Crippen molar-refractivity contribution in [1.29, 1.82) is 0 Å². The molecule has 0 radical (unpaired) electrons.